The van der Waals surface area contributed by atoms with Gasteiger partial charge in [0.05, 0.1) is 6.04 Å². The van der Waals surface area contributed by atoms with Crippen molar-refractivity contribution in [3.8, 4) is 0 Å². The molecule has 1 saturated heterocycles. The molecule has 1 aliphatic heterocycles. The molecule has 2 rings (SSSR count). The van der Waals surface area contributed by atoms with Crippen LogP contribution < -0.4 is 5.32 Å². The summed E-state index contributed by atoms with van der Waals surface area (Å²) >= 11 is 0. The van der Waals surface area contributed by atoms with Gasteiger partial charge in [0.1, 0.15) is 5.82 Å². The number of halogens is 1. The Hall–Kier alpha value is -1.42. The van der Waals surface area contributed by atoms with E-state index in [1.54, 1.807) is 12.1 Å². The number of rotatable bonds is 5. The number of amides is 1. The van der Waals surface area contributed by atoms with Crippen LogP contribution in [0.4, 0.5) is 4.39 Å². The van der Waals surface area contributed by atoms with Gasteiger partial charge in [-0.25, -0.2) is 4.39 Å². The Morgan fingerprint density at radius 1 is 1.30 bits per heavy atom. The van der Waals surface area contributed by atoms with Gasteiger partial charge in [-0.05, 0) is 37.5 Å². The predicted molar refractivity (Wildman–Crippen MR) is 78.0 cm³/mol. The van der Waals surface area contributed by atoms with Crippen molar-refractivity contribution in [2.45, 2.75) is 51.7 Å². The maximum absolute atomic E-state index is 12.9. The van der Waals surface area contributed by atoms with Crippen molar-refractivity contribution < 1.29 is 9.18 Å². The summed E-state index contributed by atoms with van der Waals surface area (Å²) in [6, 6.07) is 6.93. The number of nitrogens with zero attached hydrogens (tertiary/aromatic N) is 1. The molecular weight excluding hydrogens is 255 g/mol. The standard InChI is InChI=1S/C16H23FN2O/c1-11(2)18-15-8-9-19(16(15)20)12(3)10-13-4-6-14(17)7-5-13/h4-7,11-12,15,18H,8-10H2,1-3H3. The predicted octanol–water partition coefficient (Wildman–Crippen LogP) is 2.36. The van der Waals surface area contributed by atoms with E-state index in [0.29, 0.717) is 6.04 Å². The third-order valence-electron chi connectivity index (χ3n) is 3.75. The SMILES string of the molecule is CC(C)NC1CCN(C(C)Cc2ccc(F)cc2)C1=O. The van der Waals surface area contributed by atoms with Crippen molar-refractivity contribution in [1.29, 1.82) is 0 Å². The van der Waals surface area contributed by atoms with E-state index < -0.39 is 0 Å². The topological polar surface area (TPSA) is 32.3 Å². The summed E-state index contributed by atoms with van der Waals surface area (Å²) in [5.41, 5.74) is 1.06. The molecule has 1 amide bonds. The second kappa shape index (κ2) is 6.35. The van der Waals surface area contributed by atoms with Crippen LogP contribution in [0.15, 0.2) is 24.3 Å². The second-order valence-corrected chi connectivity index (χ2v) is 5.87. The zero-order valence-electron chi connectivity index (χ0n) is 12.4. The highest BCUT2D eigenvalue weighted by molar-refractivity contribution is 5.84. The van der Waals surface area contributed by atoms with Crippen LogP contribution >= 0.6 is 0 Å². The van der Waals surface area contributed by atoms with E-state index in [0.717, 1.165) is 24.9 Å². The fourth-order valence-corrected chi connectivity index (χ4v) is 2.77. The first-order valence-electron chi connectivity index (χ1n) is 7.28. The molecule has 1 aromatic rings. The van der Waals surface area contributed by atoms with Crippen molar-refractivity contribution in [1.82, 2.24) is 10.2 Å². The van der Waals surface area contributed by atoms with Crippen LogP contribution in [-0.4, -0.2) is 35.5 Å². The Labute approximate surface area is 120 Å². The van der Waals surface area contributed by atoms with E-state index >= 15 is 0 Å². The smallest absolute Gasteiger partial charge is 0.240 e. The number of hydrogen-bond donors (Lipinski definition) is 1. The fourth-order valence-electron chi connectivity index (χ4n) is 2.77. The van der Waals surface area contributed by atoms with E-state index in [1.807, 2.05) is 4.90 Å². The Balaban J connectivity index is 1.94. The lowest BCUT2D eigenvalue weighted by Gasteiger charge is -2.25. The van der Waals surface area contributed by atoms with Gasteiger partial charge in [0.15, 0.2) is 0 Å². The molecule has 1 N–H and O–H groups in total. The third kappa shape index (κ3) is 3.57. The molecule has 3 nitrogen and oxygen atoms in total. The number of hydrogen-bond acceptors (Lipinski definition) is 2. The van der Waals surface area contributed by atoms with E-state index in [1.165, 1.54) is 12.1 Å². The summed E-state index contributed by atoms with van der Waals surface area (Å²) in [7, 11) is 0. The van der Waals surface area contributed by atoms with Gasteiger partial charge in [-0.1, -0.05) is 26.0 Å². The lowest BCUT2D eigenvalue weighted by Crippen LogP contribution is -2.44. The molecule has 0 bridgehead atoms. The van der Waals surface area contributed by atoms with Crippen LogP contribution in [0.3, 0.4) is 0 Å². The van der Waals surface area contributed by atoms with Crippen LogP contribution in [0.1, 0.15) is 32.8 Å². The molecule has 0 spiro atoms. The van der Waals surface area contributed by atoms with Crippen LogP contribution in [-0.2, 0) is 11.2 Å². The van der Waals surface area contributed by atoms with Crippen molar-refractivity contribution >= 4 is 5.91 Å². The average molecular weight is 278 g/mol. The van der Waals surface area contributed by atoms with Crippen LogP contribution in [0.2, 0.25) is 0 Å². The first-order valence-corrected chi connectivity index (χ1v) is 7.28. The normalized spacial score (nSPS) is 20.8. The molecule has 0 aliphatic carbocycles. The molecule has 2 unspecified atom stereocenters. The van der Waals surface area contributed by atoms with Gasteiger partial charge in [0.2, 0.25) is 5.91 Å². The number of benzene rings is 1. The van der Waals surface area contributed by atoms with Crippen molar-refractivity contribution in [3.05, 3.63) is 35.6 Å². The molecule has 20 heavy (non-hydrogen) atoms. The maximum Gasteiger partial charge on any atom is 0.240 e. The van der Waals surface area contributed by atoms with Crippen LogP contribution in [0.25, 0.3) is 0 Å². The van der Waals surface area contributed by atoms with E-state index in [4.69, 9.17) is 0 Å². The minimum Gasteiger partial charge on any atom is -0.338 e. The van der Waals surface area contributed by atoms with Gasteiger partial charge in [0.25, 0.3) is 0 Å². The number of nitrogens with one attached hydrogen (secondary N) is 1. The van der Waals surface area contributed by atoms with Crippen molar-refractivity contribution in [2.75, 3.05) is 6.54 Å². The molecule has 1 aliphatic rings. The van der Waals surface area contributed by atoms with Crippen molar-refractivity contribution in [2.24, 2.45) is 0 Å². The monoisotopic (exact) mass is 278 g/mol. The summed E-state index contributed by atoms with van der Waals surface area (Å²) in [5.74, 6) is -0.0341. The molecule has 0 aromatic heterocycles. The zero-order chi connectivity index (χ0) is 14.7. The van der Waals surface area contributed by atoms with E-state index in [2.05, 4.69) is 26.1 Å². The molecule has 1 aromatic carbocycles. The Morgan fingerprint density at radius 2 is 1.95 bits per heavy atom. The maximum atomic E-state index is 12.9. The van der Waals surface area contributed by atoms with Gasteiger partial charge in [-0.3, -0.25) is 4.79 Å². The van der Waals surface area contributed by atoms with Gasteiger partial charge >= 0.3 is 0 Å². The summed E-state index contributed by atoms with van der Waals surface area (Å²) in [4.78, 5) is 14.3. The summed E-state index contributed by atoms with van der Waals surface area (Å²) in [6.07, 6.45) is 1.63. The summed E-state index contributed by atoms with van der Waals surface area (Å²) in [5, 5.41) is 3.31. The van der Waals surface area contributed by atoms with E-state index in [9.17, 15) is 9.18 Å². The molecule has 0 radical (unpaired) electrons. The van der Waals surface area contributed by atoms with Gasteiger partial charge < -0.3 is 10.2 Å². The minimum atomic E-state index is -0.222. The molecule has 4 heteroatoms. The third-order valence-corrected chi connectivity index (χ3v) is 3.75. The fraction of sp³-hybridized carbons (Fsp3) is 0.562. The Kier molecular flexibility index (Phi) is 4.76. The van der Waals surface area contributed by atoms with Crippen molar-refractivity contribution in [3.63, 3.8) is 0 Å². The van der Waals surface area contributed by atoms with Gasteiger partial charge in [-0.15, -0.1) is 0 Å². The summed E-state index contributed by atoms with van der Waals surface area (Å²) < 4.78 is 12.9. The summed E-state index contributed by atoms with van der Waals surface area (Å²) in [6.45, 7) is 6.96. The highest BCUT2D eigenvalue weighted by atomic mass is 19.1. The van der Waals surface area contributed by atoms with Crippen LogP contribution in [0, 0.1) is 5.82 Å². The lowest BCUT2D eigenvalue weighted by molar-refractivity contribution is -0.131. The first kappa shape index (κ1) is 15.0. The minimum absolute atomic E-state index is 0.0503. The Bertz CT molecular complexity index is 458. The second-order valence-electron chi connectivity index (χ2n) is 5.87. The van der Waals surface area contributed by atoms with E-state index in [-0.39, 0.29) is 23.8 Å². The van der Waals surface area contributed by atoms with Crippen LogP contribution in [0.5, 0.6) is 0 Å². The first-order chi connectivity index (χ1) is 9.47. The largest absolute Gasteiger partial charge is 0.338 e. The number of likely N-dealkylation sites (tertiary alicyclic amines) is 1. The number of carbonyl (C=O) groups is 1. The van der Waals surface area contributed by atoms with Gasteiger partial charge in [-0.2, -0.15) is 0 Å². The quantitative estimate of drug-likeness (QED) is 0.896. The lowest BCUT2D eigenvalue weighted by atomic mass is 10.1. The molecule has 1 heterocycles. The molecular formula is C16H23FN2O. The molecule has 110 valence electrons. The molecule has 0 saturated carbocycles. The molecule has 1 fully saturated rings. The number of carbonyl (C=O) groups excluding carboxylic acids is 1. The highest BCUT2D eigenvalue weighted by Crippen LogP contribution is 2.18. The molecule has 2 atom stereocenters. The Morgan fingerprint density at radius 3 is 2.55 bits per heavy atom. The zero-order valence-corrected chi connectivity index (χ0v) is 12.4. The van der Waals surface area contributed by atoms with Gasteiger partial charge in [0, 0.05) is 18.6 Å². The average Bonchev–Trinajstić information content (AvgIpc) is 2.73. The highest BCUT2D eigenvalue weighted by Gasteiger charge is 2.34.